The highest BCUT2D eigenvalue weighted by molar-refractivity contribution is 5.94. The number of unbranched alkanes of at least 4 members (excludes halogenated alkanes) is 1. The van der Waals surface area contributed by atoms with Gasteiger partial charge in [0.15, 0.2) is 11.5 Å². The number of aryl methyl sites for hydroxylation is 1. The molecule has 2 N–H and O–H groups in total. The maximum absolute atomic E-state index is 12.3. The summed E-state index contributed by atoms with van der Waals surface area (Å²) < 4.78 is 23.3. The lowest BCUT2D eigenvalue weighted by molar-refractivity contribution is -0.132. The number of methoxy groups -OCH3 is 2. The monoisotopic (exact) mass is 480 g/mol. The zero-order valence-electron chi connectivity index (χ0n) is 19.9. The van der Waals surface area contributed by atoms with Crippen molar-refractivity contribution in [3.05, 3.63) is 53.2 Å². The van der Waals surface area contributed by atoms with Crippen LogP contribution in [0.1, 0.15) is 30.9 Å². The summed E-state index contributed by atoms with van der Waals surface area (Å²) in [5, 5.41) is 25.2. The Morgan fingerprint density at radius 3 is 2.60 bits per heavy atom. The summed E-state index contributed by atoms with van der Waals surface area (Å²) in [6, 6.07) is 8.44. The predicted octanol–water partition coefficient (Wildman–Crippen LogP) is 4.51. The van der Waals surface area contributed by atoms with Crippen LogP contribution in [-0.2, 0) is 17.8 Å². The Kier molecular flexibility index (Phi) is 7.14. The van der Waals surface area contributed by atoms with Crippen LogP contribution >= 0.6 is 0 Å². The van der Waals surface area contributed by atoms with Gasteiger partial charge in [0.05, 0.1) is 26.1 Å². The molecule has 0 bridgehead atoms. The molecule has 2 heterocycles. The largest absolute Gasteiger partial charge is 0.507 e. The molecule has 2 aromatic carbocycles. The van der Waals surface area contributed by atoms with Crippen molar-refractivity contribution < 1.29 is 34.0 Å². The molecular weight excluding hydrogens is 452 g/mol. The van der Waals surface area contributed by atoms with E-state index in [4.69, 9.17) is 18.9 Å². The third-order valence-corrected chi connectivity index (χ3v) is 5.81. The first kappa shape index (κ1) is 24.0. The molecule has 0 unspecified atom stereocenters. The van der Waals surface area contributed by atoms with Crippen LogP contribution in [0.5, 0.6) is 28.7 Å². The summed E-state index contributed by atoms with van der Waals surface area (Å²) in [6.45, 7) is 2.81. The Morgan fingerprint density at radius 1 is 1.17 bits per heavy atom. The number of aromatic hydroxyl groups is 1. The molecule has 3 aromatic rings. The minimum absolute atomic E-state index is 0.0200. The van der Waals surface area contributed by atoms with E-state index >= 15 is 0 Å². The summed E-state index contributed by atoms with van der Waals surface area (Å²) in [5.74, 6) is 1.07. The molecule has 1 aliphatic rings. The molecule has 0 fully saturated rings. The maximum Gasteiger partial charge on any atom is 0.331 e. The van der Waals surface area contributed by atoms with Crippen LogP contribution in [0.25, 0.3) is 17.3 Å². The quantitative estimate of drug-likeness (QED) is 0.408. The lowest BCUT2D eigenvalue weighted by Crippen LogP contribution is -2.06. The van der Waals surface area contributed by atoms with Crippen LogP contribution in [0.3, 0.4) is 0 Å². The average molecular weight is 481 g/mol. The van der Waals surface area contributed by atoms with E-state index in [0.29, 0.717) is 51.9 Å². The zero-order chi connectivity index (χ0) is 24.9. The van der Waals surface area contributed by atoms with Crippen molar-refractivity contribution in [1.29, 1.82) is 0 Å². The molecule has 9 nitrogen and oxygen atoms in total. The average Bonchev–Trinajstić information content (AvgIpc) is 3.47. The first-order valence-corrected chi connectivity index (χ1v) is 11.3. The van der Waals surface area contributed by atoms with Crippen LogP contribution in [0, 0.1) is 0 Å². The van der Waals surface area contributed by atoms with Gasteiger partial charge in [-0.05, 0) is 30.7 Å². The number of phenolic OH excluding ortho intramolecular Hbond substituents is 1. The van der Waals surface area contributed by atoms with Gasteiger partial charge >= 0.3 is 5.97 Å². The Bertz CT molecular complexity index is 1260. The molecule has 0 spiro atoms. The van der Waals surface area contributed by atoms with Gasteiger partial charge in [-0.3, -0.25) is 4.68 Å². The highest BCUT2D eigenvalue weighted by atomic mass is 16.7. The smallest absolute Gasteiger partial charge is 0.331 e. The zero-order valence-corrected chi connectivity index (χ0v) is 19.9. The van der Waals surface area contributed by atoms with Crippen molar-refractivity contribution in [2.24, 2.45) is 0 Å². The fourth-order valence-electron chi connectivity index (χ4n) is 3.99. The van der Waals surface area contributed by atoms with E-state index in [0.717, 1.165) is 12.8 Å². The number of carboxylic acids is 1. The third-order valence-electron chi connectivity index (χ3n) is 5.81. The second kappa shape index (κ2) is 10.4. The first-order valence-electron chi connectivity index (χ1n) is 11.3. The van der Waals surface area contributed by atoms with E-state index in [1.807, 2.05) is 0 Å². The minimum atomic E-state index is -1.07. The second-order valence-corrected chi connectivity index (χ2v) is 8.08. The molecule has 0 saturated carbocycles. The molecular formula is C26H28N2O7. The van der Waals surface area contributed by atoms with Crippen molar-refractivity contribution in [1.82, 2.24) is 9.78 Å². The molecule has 1 aliphatic heterocycles. The minimum Gasteiger partial charge on any atom is -0.507 e. The fraction of sp³-hybridized carbons (Fsp3) is 0.308. The number of hydrogen-bond acceptors (Lipinski definition) is 7. The first-order chi connectivity index (χ1) is 16.9. The normalized spacial score (nSPS) is 12.6. The molecule has 0 aliphatic carbocycles. The number of aliphatic carboxylic acids is 1. The van der Waals surface area contributed by atoms with Crippen molar-refractivity contribution >= 4 is 12.0 Å². The van der Waals surface area contributed by atoms with Crippen LogP contribution in [0.15, 0.2) is 42.1 Å². The van der Waals surface area contributed by atoms with E-state index in [1.165, 1.54) is 20.3 Å². The van der Waals surface area contributed by atoms with Crippen molar-refractivity contribution in [2.75, 3.05) is 21.0 Å². The van der Waals surface area contributed by atoms with Gasteiger partial charge in [0, 0.05) is 47.4 Å². The van der Waals surface area contributed by atoms with Gasteiger partial charge in [0.2, 0.25) is 6.79 Å². The lowest BCUT2D eigenvalue weighted by atomic mass is 9.99. The SMILES string of the molecule is CCCCn1ncc(/C=C(/Cc2cc3c(cc2OC)OCO3)C(=O)O)c1-c1ccc(OC)cc1O. The van der Waals surface area contributed by atoms with E-state index in [-0.39, 0.29) is 24.5 Å². The number of benzene rings is 2. The van der Waals surface area contributed by atoms with Crippen molar-refractivity contribution in [3.8, 4) is 40.0 Å². The number of rotatable bonds is 10. The van der Waals surface area contributed by atoms with Crippen molar-refractivity contribution in [2.45, 2.75) is 32.7 Å². The molecule has 0 amide bonds. The molecule has 0 atom stereocenters. The Morgan fingerprint density at radius 2 is 1.94 bits per heavy atom. The van der Waals surface area contributed by atoms with Gasteiger partial charge in [-0.15, -0.1) is 0 Å². The summed E-state index contributed by atoms with van der Waals surface area (Å²) in [7, 11) is 3.05. The fourth-order valence-corrected chi connectivity index (χ4v) is 3.99. The van der Waals surface area contributed by atoms with E-state index in [1.54, 1.807) is 41.2 Å². The van der Waals surface area contributed by atoms with Crippen LogP contribution < -0.4 is 18.9 Å². The Labute approximate surface area is 203 Å². The highest BCUT2D eigenvalue weighted by Crippen LogP contribution is 2.40. The number of hydrogen-bond donors (Lipinski definition) is 2. The molecule has 1 aromatic heterocycles. The lowest BCUT2D eigenvalue weighted by Gasteiger charge is -2.13. The highest BCUT2D eigenvalue weighted by Gasteiger charge is 2.22. The predicted molar refractivity (Wildman–Crippen MR) is 129 cm³/mol. The molecule has 184 valence electrons. The maximum atomic E-state index is 12.3. The molecule has 35 heavy (non-hydrogen) atoms. The Balaban J connectivity index is 1.78. The standard InChI is InChI=1S/C26H28N2O7/c1-4-5-8-28-25(20-7-6-19(32-2)12-21(20)29)18(14-27-28)10-17(26(30)31)9-16-11-23-24(35-15-34-23)13-22(16)33-3/h6-7,10-14,29H,4-5,8-9,15H2,1-3H3,(H,30,31)/b17-10-. The molecule has 9 heteroatoms. The topological polar surface area (TPSA) is 112 Å². The van der Waals surface area contributed by atoms with E-state index in [9.17, 15) is 15.0 Å². The third kappa shape index (κ3) is 5.03. The molecule has 4 rings (SSSR count). The van der Waals surface area contributed by atoms with Gasteiger partial charge in [-0.25, -0.2) is 4.79 Å². The van der Waals surface area contributed by atoms with Gasteiger partial charge in [-0.1, -0.05) is 13.3 Å². The summed E-state index contributed by atoms with van der Waals surface area (Å²) in [5.41, 5.74) is 2.54. The van der Waals surface area contributed by atoms with Gasteiger partial charge < -0.3 is 29.2 Å². The van der Waals surface area contributed by atoms with Gasteiger partial charge in [0.25, 0.3) is 0 Å². The number of ether oxygens (including phenoxy) is 4. The van der Waals surface area contributed by atoms with Crippen LogP contribution in [0.2, 0.25) is 0 Å². The van der Waals surface area contributed by atoms with Gasteiger partial charge in [-0.2, -0.15) is 5.10 Å². The number of phenols is 1. The van der Waals surface area contributed by atoms with Crippen molar-refractivity contribution in [3.63, 3.8) is 0 Å². The van der Waals surface area contributed by atoms with E-state index in [2.05, 4.69) is 12.0 Å². The number of nitrogens with zero attached hydrogens (tertiary/aromatic N) is 2. The van der Waals surface area contributed by atoms with Crippen LogP contribution in [-0.4, -0.2) is 47.0 Å². The van der Waals surface area contributed by atoms with Crippen LogP contribution in [0.4, 0.5) is 0 Å². The molecule has 0 saturated heterocycles. The number of fused-ring (bicyclic) bond motifs is 1. The molecule has 0 radical (unpaired) electrons. The number of carbonyl (C=O) groups is 1. The van der Waals surface area contributed by atoms with E-state index < -0.39 is 5.97 Å². The second-order valence-electron chi connectivity index (χ2n) is 8.08. The van der Waals surface area contributed by atoms with Gasteiger partial charge in [0.1, 0.15) is 17.2 Å². The summed E-state index contributed by atoms with van der Waals surface area (Å²) >= 11 is 0. The summed E-state index contributed by atoms with van der Waals surface area (Å²) in [4.78, 5) is 12.3. The number of aromatic nitrogens is 2. The number of carboxylic acid groups (broad SMARTS) is 1. The Hall–Kier alpha value is -4.14. The summed E-state index contributed by atoms with van der Waals surface area (Å²) in [6.07, 6.45) is 5.14.